The van der Waals surface area contributed by atoms with Crippen LogP contribution in [0.25, 0.3) is 5.69 Å². The topological polar surface area (TPSA) is 98.8 Å². The highest BCUT2D eigenvalue weighted by atomic mass is 32.2. The van der Waals surface area contributed by atoms with E-state index >= 15 is 0 Å². The molecule has 3 aromatic rings. The molecule has 2 aromatic heterocycles. The fourth-order valence-electron chi connectivity index (χ4n) is 3.89. The third-order valence-corrected chi connectivity index (χ3v) is 7.15. The Balaban J connectivity index is 1.50. The van der Waals surface area contributed by atoms with Crippen LogP contribution in [0.5, 0.6) is 0 Å². The minimum Gasteiger partial charge on any atom is -0.295 e. The number of para-hydroxylation sites is 1. The summed E-state index contributed by atoms with van der Waals surface area (Å²) < 4.78 is 27.3. The Morgan fingerprint density at radius 3 is 2.62 bits per heavy atom. The van der Waals surface area contributed by atoms with Gasteiger partial charge in [0.25, 0.3) is 0 Å². The van der Waals surface area contributed by atoms with E-state index in [2.05, 4.69) is 25.5 Å². The summed E-state index contributed by atoms with van der Waals surface area (Å²) in [6.45, 7) is 5.24. The molecule has 1 aliphatic rings. The van der Waals surface area contributed by atoms with Crippen LogP contribution < -0.4 is 0 Å². The number of benzene rings is 1. The fourth-order valence-corrected chi connectivity index (χ4v) is 5.58. The van der Waals surface area contributed by atoms with E-state index in [1.807, 2.05) is 55.9 Å². The standard InChI is InChI=1S/C19H25N7O2S/c1-14-18(15(2)25(21-14)17-9-10-29(27,28)13-17)11-24(3)12-19-20-22-23-26(19)16-7-5-4-6-8-16/h4-8,17H,9-13H2,1-3H3/t17-/m0/s1. The van der Waals surface area contributed by atoms with E-state index in [1.54, 1.807) is 4.68 Å². The van der Waals surface area contributed by atoms with E-state index in [0.29, 0.717) is 19.5 Å². The maximum Gasteiger partial charge on any atom is 0.170 e. The van der Waals surface area contributed by atoms with Crippen molar-refractivity contribution in [3.8, 4) is 5.69 Å². The second-order valence-corrected chi connectivity index (χ2v) is 9.89. The van der Waals surface area contributed by atoms with Crippen molar-refractivity contribution >= 4 is 9.84 Å². The predicted octanol–water partition coefficient (Wildman–Crippen LogP) is 1.47. The second kappa shape index (κ2) is 7.68. The lowest BCUT2D eigenvalue weighted by atomic mass is 10.1. The zero-order chi connectivity index (χ0) is 20.6. The van der Waals surface area contributed by atoms with Crippen molar-refractivity contribution in [3.63, 3.8) is 0 Å². The zero-order valence-corrected chi connectivity index (χ0v) is 17.7. The SMILES string of the molecule is Cc1nn([C@H]2CCS(=O)(=O)C2)c(C)c1CN(C)Cc1nnnn1-c1ccccc1. The van der Waals surface area contributed by atoms with Gasteiger partial charge in [-0.15, -0.1) is 5.10 Å². The number of hydrogen-bond acceptors (Lipinski definition) is 7. The number of rotatable bonds is 6. The molecule has 0 amide bonds. The molecule has 3 heterocycles. The Morgan fingerprint density at radius 2 is 1.93 bits per heavy atom. The Morgan fingerprint density at radius 1 is 1.17 bits per heavy atom. The van der Waals surface area contributed by atoms with Gasteiger partial charge in [0.1, 0.15) is 0 Å². The van der Waals surface area contributed by atoms with Crippen molar-refractivity contribution in [2.24, 2.45) is 0 Å². The van der Waals surface area contributed by atoms with Crippen LogP contribution >= 0.6 is 0 Å². The van der Waals surface area contributed by atoms with Gasteiger partial charge < -0.3 is 0 Å². The largest absolute Gasteiger partial charge is 0.295 e. The molecule has 9 nitrogen and oxygen atoms in total. The molecule has 1 aromatic carbocycles. The van der Waals surface area contributed by atoms with E-state index < -0.39 is 9.84 Å². The molecule has 29 heavy (non-hydrogen) atoms. The summed E-state index contributed by atoms with van der Waals surface area (Å²) in [5.74, 6) is 1.17. The molecular weight excluding hydrogens is 390 g/mol. The summed E-state index contributed by atoms with van der Waals surface area (Å²) in [5, 5.41) is 16.8. The first-order chi connectivity index (χ1) is 13.8. The highest BCUT2D eigenvalue weighted by molar-refractivity contribution is 7.91. The van der Waals surface area contributed by atoms with Crippen LogP contribution in [0.3, 0.4) is 0 Å². The number of tetrazole rings is 1. The summed E-state index contributed by atoms with van der Waals surface area (Å²) in [4.78, 5) is 2.14. The lowest BCUT2D eigenvalue weighted by molar-refractivity contribution is 0.306. The summed E-state index contributed by atoms with van der Waals surface area (Å²) in [7, 11) is -0.934. The summed E-state index contributed by atoms with van der Waals surface area (Å²) in [6.07, 6.45) is 0.630. The maximum atomic E-state index is 11.9. The molecule has 1 atom stereocenters. The van der Waals surface area contributed by atoms with Crippen LogP contribution in [0.15, 0.2) is 30.3 Å². The smallest absolute Gasteiger partial charge is 0.170 e. The van der Waals surface area contributed by atoms with Crippen molar-refractivity contribution in [1.82, 2.24) is 34.9 Å². The third-order valence-electron chi connectivity index (χ3n) is 5.40. The summed E-state index contributed by atoms with van der Waals surface area (Å²) >= 11 is 0. The Kier molecular flexibility index (Phi) is 5.22. The van der Waals surface area contributed by atoms with Gasteiger partial charge in [-0.05, 0) is 49.9 Å². The molecule has 0 unspecified atom stereocenters. The first kappa shape index (κ1) is 19.7. The quantitative estimate of drug-likeness (QED) is 0.601. The molecule has 0 radical (unpaired) electrons. The van der Waals surface area contributed by atoms with Crippen LogP contribution in [0.2, 0.25) is 0 Å². The fraction of sp³-hybridized carbons (Fsp3) is 0.474. The van der Waals surface area contributed by atoms with Crippen molar-refractivity contribution in [3.05, 3.63) is 53.1 Å². The van der Waals surface area contributed by atoms with E-state index in [4.69, 9.17) is 0 Å². The van der Waals surface area contributed by atoms with Crippen LogP contribution in [0, 0.1) is 13.8 Å². The number of hydrogen-bond donors (Lipinski definition) is 0. The highest BCUT2D eigenvalue weighted by Crippen LogP contribution is 2.27. The maximum absolute atomic E-state index is 11.9. The average Bonchev–Trinajstić information content (AvgIpc) is 3.36. The second-order valence-electron chi connectivity index (χ2n) is 7.67. The minimum atomic E-state index is -2.95. The van der Waals surface area contributed by atoms with E-state index in [-0.39, 0.29) is 17.5 Å². The molecule has 0 aliphatic carbocycles. The first-order valence-corrected chi connectivity index (χ1v) is 11.4. The minimum absolute atomic E-state index is 0.0665. The summed E-state index contributed by atoms with van der Waals surface area (Å²) in [6, 6.07) is 9.73. The van der Waals surface area contributed by atoms with Gasteiger partial charge in [-0.3, -0.25) is 9.58 Å². The van der Waals surface area contributed by atoms with E-state index in [0.717, 1.165) is 28.5 Å². The van der Waals surface area contributed by atoms with Gasteiger partial charge in [0.05, 0.1) is 35.5 Å². The molecule has 0 spiro atoms. The van der Waals surface area contributed by atoms with Crippen molar-refractivity contribution < 1.29 is 8.42 Å². The molecule has 0 bridgehead atoms. The third kappa shape index (κ3) is 4.08. The Bertz CT molecular complexity index is 1110. The Hall–Kier alpha value is -2.59. The van der Waals surface area contributed by atoms with Crippen molar-refractivity contribution in [2.75, 3.05) is 18.6 Å². The van der Waals surface area contributed by atoms with E-state index in [9.17, 15) is 8.42 Å². The van der Waals surface area contributed by atoms with Gasteiger partial charge in [0.15, 0.2) is 15.7 Å². The highest BCUT2D eigenvalue weighted by Gasteiger charge is 2.31. The lowest BCUT2D eigenvalue weighted by Crippen LogP contribution is -2.21. The molecule has 154 valence electrons. The van der Waals surface area contributed by atoms with Gasteiger partial charge in [0.2, 0.25) is 0 Å². The monoisotopic (exact) mass is 415 g/mol. The lowest BCUT2D eigenvalue weighted by Gasteiger charge is -2.17. The number of sulfone groups is 1. The van der Waals surface area contributed by atoms with Crippen molar-refractivity contribution in [1.29, 1.82) is 0 Å². The number of aromatic nitrogens is 6. The first-order valence-electron chi connectivity index (χ1n) is 9.60. The molecular formula is C19H25N7O2S. The number of nitrogens with zero attached hydrogens (tertiary/aromatic N) is 7. The van der Waals surface area contributed by atoms with Crippen LogP contribution in [-0.2, 0) is 22.9 Å². The Labute approximate surface area is 170 Å². The van der Waals surface area contributed by atoms with Crippen molar-refractivity contribution in [2.45, 2.75) is 39.4 Å². The van der Waals surface area contributed by atoms with Gasteiger partial charge in [0, 0.05) is 17.8 Å². The molecule has 0 N–H and O–H groups in total. The molecule has 4 rings (SSSR count). The molecule has 1 fully saturated rings. The van der Waals surface area contributed by atoms with Gasteiger partial charge in [-0.2, -0.15) is 9.78 Å². The van der Waals surface area contributed by atoms with Crippen LogP contribution in [-0.4, -0.2) is 61.9 Å². The molecule has 1 saturated heterocycles. The van der Waals surface area contributed by atoms with Crippen LogP contribution in [0.1, 0.15) is 35.2 Å². The molecule has 0 saturated carbocycles. The van der Waals surface area contributed by atoms with Crippen LogP contribution in [0.4, 0.5) is 0 Å². The van der Waals surface area contributed by atoms with Gasteiger partial charge in [-0.1, -0.05) is 18.2 Å². The van der Waals surface area contributed by atoms with Gasteiger partial charge >= 0.3 is 0 Å². The normalized spacial score (nSPS) is 18.6. The molecule has 10 heteroatoms. The molecule has 1 aliphatic heterocycles. The van der Waals surface area contributed by atoms with Gasteiger partial charge in [-0.25, -0.2) is 8.42 Å². The van der Waals surface area contributed by atoms with E-state index in [1.165, 1.54) is 0 Å². The predicted molar refractivity (Wildman–Crippen MR) is 108 cm³/mol. The average molecular weight is 416 g/mol. The summed E-state index contributed by atoms with van der Waals surface area (Å²) in [5.41, 5.74) is 4.00. The number of aryl methyl sites for hydroxylation is 1. The zero-order valence-electron chi connectivity index (χ0n) is 16.9.